The predicted molar refractivity (Wildman–Crippen MR) is 119 cm³/mol. The molecule has 4 aromatic rings. The Morgan fingerprint density at radius 3 is 2.57 bits per heavy atom. The number of fused-ring (bicyclic) bond motifs is 1. The van der Waals surface area contributed by atoms with Crippen LogP contribution in [0.4, 0.5) is 17.5 Å². The third-order valence-electron chi connectivity index (χ3n) is 5.13. The summed E-state index contributed by atoms with van der Waals surface area (Å²) in [5, 5.41) is 8.33. The highest BCUT2D eigenvalue weighted by Crippen LogP contribution is 2.34. The number of nitrogens with one attached hydrogen (secondary N) is 1. The van der Waals surface area contributed by atoms with Crippen LogP contribution in [0, 0.1) is 6.92 Å². The van der Waals surface area contributed by atoms with Crippen molar-refractivity contribution < 1.29 is 8.42 Å². The van der Waals surface area contributed by atoms with Crippen LogP contribution in [0.3, 0.4) is 0 Å². The first-order chi connectivity index (χ1) is 14.3. The van der Waals surface area contributed by atoms with E-state index < -0.39 is 9.84 Å². The van der Waals surface area contributed by atoms with Crippen LogP contribution in [0.5, 0.6) is 0 Å². The number of hydrogen-bond donors (Lipinski definition) is 2. The van der Waals surface area contributed by atoms with Gasteiger partial charge in [-0.2, -0.15) is 10.1 Å². The zero-order chi connectivity index (χ0) is 21.5. The number of H-pyrrole nitrogens is 1. The second kappa shape index (κ2) is 7.42. The number of aryl methyl sites for hydroxylation is 1. The summed E-state index contributed by atoms with van der Waals surface area (Å²) in [5.41, 5.74) is 10.2. The van der Waals surface area contributed by atoms with E-state index in [9.17, 15) is 8.42 Å². The van der Waals surface area contributed by atoms with Crippen LogP contribution in [-0.2, 0) is 9.84 Å². The van der Waals surface area contributed by atoms with Crippen molar-refractivity contribution in [2.75, 3.05) is 23.4 Å². The van der Waals surface area contributed by atoms with E-state index in [0.717, 1.165) is 33.4 Å². The molecule has 2 heterocycles. The zero-order valence-electron chi connectivity index (χ0n) is 16.9. The Balaban J connectivity index is 1.78. The number of rotatable bonds is 5. The van der Waals surface area contributed by atoms with Crippen molar-refractivity contribution in [2.24, 2.45) is 0 Å². The predicted octanol–water partition coefficient (Wildman–Crippen LogP) is 3.47. The number of benzene rings is 2. The van der Waals surface area contributed by atoms with Crippen molar-refractivity contribution >= 4 is 38.2 Å². The van der Waals surface area contributed by atoms with Gasteiger partial charge >= 0.3 is 0 Å². The molecule has 0 fully saturated rings. The summed E-state index contributed by atoms with van der Waals surface area (Å²) in [4.78, 5) is 10.8. The number of sulfone groups is 1. The van der Waals surface area contributed by atoms with Gasteiger partial charge in [-0.1, -0.05) is 19.1 Å². The second-order valence-corrected chi connectivity index (χ2v) is 9.27. The Morgan fingerprint density at radius 2 is 1.87 bits per heavy atom. The summed E-state index contributed by atoms with van der Waals surface area (Å²) in [6, 6.07) is 12.7. The Morgan fingerprint density at radius 1 is 1.13 bits per heavy atom. The van der Waals surface area contributed by atoms with Gasteiger partial charge in [0.2, 0.25) is 5.95 Å². The van der Waals surface area contributed by atoms with E-state index in [1.54, 1.807) is 37.4 Å². The lowest BCUT2D eigenvalue weighted by molar-refractivity contribution is 0.597. The summed E-state index contributed by atoms with van der Waals surface area (Å²) in [7, 11) is -1.37. The van der Waals surface area contributed by atoms with Gasteiger partial charge in [0.15, 0.2) is 9.84 Å². The molecule has 8 nitrogen and oxygen atoms in total. The van der Waals surface area contributed by atoms with Gasteiger partial charge in [0, 0.05) is 29.9 Å². The maximum absolute atomic E-state index is 12.1. The first-order valence-electron chi connectivity index (χ1n) is 9.44. The molecule has 0 bridgehead atoms. The Hall–Kier alpha value is -3.46. The molecule has 0 spiro atoms. The van der Waals surface area contributed by atoms with Crippen molar-refractivity contribution in [3.8, 4) is 11.1 Å². The van der Waals surface area contributed by atoms with Crippen LogP contribution in [0.25, 0.3) is 22.0 Å². The van der Waals surface area contributed by atoms with Crippen LogP contribution in [0.2, 0.25) is 0 Å². The van der Waals surface area contributed by atoms with Crippen LogP contribution in [0.15, 0.2) is 53.6 Å². The zero-order valence-corrected chi connectivity index (χ0v) is 17.7. The maximum Gasteiger partial charge on any atom is 0.221 e. The van der Waals surface area contributed by atoms with Gasteiger partial charge in [-0.05, 0) is 42.8 Å². The lowest BCUT2D eigenvalue weighted by Gasteiger charge is -2.21. The molecule has 3 N–H and O–H groups in total. The summed E-state index contributed by atoms with van der Waals surface area (Å²) in [5.74, 6) is 0.828. The fraction of sp³-hybridized carbons (Fsp3) is 0.190. The molecule has 0 atom stereocenters. The van der Waals surface area contributed by atoms with Crippen molar-refractivity contribution in [3.05, 3.63) is 54.4 Å². The van der Waals surface area contributed by atoms with Gasteiger partial charge in [-0.15, -0.1) is 0 Å². The van der Waals surface area contributed by atoms with Gasteiger partial charge in [-0.25, -0.2) is 13.4 Å². The summed E-state index contributed by atoms with van der Waals surface area (Å²) < 4.78 is 24.2. The normalized spacial score (nSPS) is 11.7. The maximum atomic E-state index is 12.1. The minimum Gasteiger partial charge on any atom is -0.368 e. The van der Waals surface area contributed by atoms with E-state index in [4.69, 9.17) is 5.73 Å². The highest BCUT2D eigenvalue weighted by molar-refractivity contribution is 7.91. The van der Waals surface area contributed by atoms with Crippen LogP contribution < -0.4 is 10.6 Å². The van der Waals surface area contributed by atoms with E-state index in [-0.39, 0.29) is 11.7 Å². The Bertz CT molecular complexity index is 1330. The molecule has 30 heavy (non-hydrogen) atoms. The van der Waals surface area contributed by atoms with Crippen molar-refractivity contribution in [2.45, 2.75) is 18.7 Å². The van der Waals surface area contributed by atoms with Crippen molar-refractivity contribution in [1.82, 2.24) is 20.2 Å². The molecule has 0 saturated heterocycles. The average molecular weight is 423 g/mol. The first-order valence-corrected chi connectivity index (χ1v) is 11.1. The average Bonchev–Trinajstić information content (AvgIpc) is 3.13. The van der Waals surface area contributed by atoms with Gasteiger partial charge < -0.3 is 10.6 Å². The van der Waals surface area contributed by atoms with Crippen LogP contribution in [0.1, 0.15) is 12.6 Å². The molecule has 0 amide bonds. The lowest BCUT2D eigenvalue weighted by Crippen LogP contribution is -2.14. The first kappa shape index (κ1) is 19.8. The van der Waals surface area contributed by atoms with E-state index in [1.165, 1.54) is 0 Å². The molecule has 2 aromatic heterocycles. The topological polar surface area (TPSA) is 118 Å². The quantitative estimate of drug-likeness (QED) is 0.505. The Kier molecular flexibility index (Phi) is 4.90. The summed E-state index contributed by atoms with van der Waals surface area (Å²) >= 11 is 0. The molecular weight excluding hydrogens is 400 g/mol. The molecule has 0 saturated carbocycles. The largest absolute Gasteiger partial charge is 0.368 e. The van der Waals surface area contributed by atoms with E-state index >= 15 is 0 Å². The monoisotopic (exact) mass is 422 g/mol. The third kappa shape index (κ3) is 3.48. The molecule has 0 aliphatic heterocycles. The van der Waals surface area contributed by atoms with E-state index in [2.05, 4.69) is 20.2 Å². The van der Waals surface area contributed by atoms with E-state index in [0.29, 0.717) is 10.7 Å². The minimum atomic E-state index is -3.26. The van der Waals surface area contributed by atoms with Gasteiger partial charge in [0.1, 0.15) is 5.82 Å². The number of aromatic amines is 1. The van der Waals surface area contributed by atoms with E-state index in [1.807, 2.05) is 37.1 Å². The highest BCUT2D eigenvalue weighted by Gasteiger charge is 2.17. The molecule has 9 heteroatoms. The van der Waals surface area contributed by atoms with Gasteiger partial charge in [-0.3, -0.25) is 5.10 Å². The number of nitrogen functional groups attached to an aromatic ring is 1. The lowest BCUT2D eigenvalue weighted by atomic mass is 10.1. The molecule has 0 aliphatic carbocycles. The molecule has 2 aromatic carbocycles. The molecule has 154 valence electrons. The number of nitrogens with two attached hydrogens (primary N) is 1. The van der Waals surface area contributed by atoms with Crippen molar-refractivity contribution in [1.29, 1.82) is 0 Å². The van der Waals surface area contributed by atoms with Crippen molar-refractivity contribution in [3.63, 3.8) is 0 Å². The molecule has 0 unspecified atom stereocenters. The SMILES string of the molecule is CCS(=O)(=O)c1ccc(-c2cnc(N)nc2N(C)c2ccc3c(C)n[nH]c3c2)cc1. The molecule has 0 radical (unpaired) electrons. The fourth-order valence-corrected chi connectivity index (χ4v) is 4.21. The number of aromatic nitrogens is 4. The van der Waals surface area contributed by atoms with Crippen LogP contribution in [-0.4, -0.2) is 41.4 Å². The van der Waals surface area contributed by atoms with Gasteiger partial charge in [0.25, 0.3) is 0 Å². The minimum absolute atomic E-state index is 0.0564. The Labute approximate surface area is 174 Å². The smallest absolute Gasteiger partial charge is 0.221 e. The summed E-state index contributed by atoms with van der Waals surface area (Å²) in [6.45, 7) is 3.58. The standard InChI is InChI=1S/C21H22N6O2S/c1-4-30(28,29)16-8-5-14(6-9-16)18-12-23-21(22)24-20(18)27(3)15-7-10-17-13(2)25-26-19(17)11-15/h5-12H,4H2,1-3H3,(H,25,26)(H2,22,23,24). The third-order valence-corrected chi connectivity index (χ3v) is 6.88. The number of anilines is 3. The highest BCUT2D eigenvalue weighted by atomic mass is 32.2. The molecule has 4 rings (SSSR count). The van der Waals surface area contributed by atoms with Crippen LogP contribution >= 0.6 is 0 Å². The second-order valence-electron chi connectivity index (χ2n) is 6.99. The molecule has 0 aliphatic rings. The summed E-state index contributed by atoms with van der Waals surface area (Å²) in [6.07, 6.45) is 1.65. The fourth-order valence-electron chi connectivity index (χ4n) is 3.33. The molecular formula is C21H22N6O2S. The number of nitrogens with zero attached hydrogens (tertiary/aromatic N) is 4. The number of hydrogen-bond acceptors (Lipinski definition) is 7. The van der Waals surface area contributed by atoms with Gasteiger partial charge in [0.05, 0.1) is 21.9 Å².